The highest BCUT2D eigenvalue weighted by Crippen LogP contribution is 2.29. The summed E-state index contributed by atoms with van der Waals surface area (Å²) >= 11 is 6.11. The van der Waals surface area contributed by atoms with Crippen LogP contribution in [0.25, 0.3) is 10.9 Å². The first-order valence-corrected chi connectivity index (χ1v) is 10.9. The summed E-state index contributed by atoms with van der Waals surface area (Å²) < 4.78 is 26.9. The van der Waals surface area contributed by atoms with Gasteiger partial charge in [-0.15, -0.1) is 0 Å². The molecule has 0 atom stereocenters. The Morgan fingerprint density at radius 2 is 1.90 bits per heavy atom. The van der Waals surface area contributed by atoms with E-state index in [2.05, 4.69) is 10.3 Å². The summed E-state index contributed by atoms with van der Waals surface area (Å²) in [5, 5.41) is 14.1. The topological polar surface area (TPSA) is 125 Å². The number of aromatic nitrogens is 1. The Morgan fingerprint density at radius 3 is 2.53 bits per heavy atom. The second kappa shape index (κ2) is 8.42. The van der Waals surface area contributed by atoms with E-state index in [4.69, 9.17) is 11.6 Å². The van der Waals surface area contributed by atoms with Crippen molar-refractivity contribution >= 4 is 49.8 Å². The van der Waals surface area contributed by atoms with Gasteiger partial charge in [-0.1, -0.05) is 25.4 Å². The van der Waals surface area contributed by atoms with Gasteiger partial charge in [-0.05, 0) is 24.3 Å². The van der Waals surface area contributed by atoms with Crippen molar-refractivity contribution < 1.29 is 18.1 Å². The van der Waals surface area contributed by atoms with Crippen molar-refractivity contribution in [1.82, 2.24) is 9.29 Å². The number of halogens is 1. The van der Waals surface area contributed by atoms with Gasteiger partial charge in [0.2, 0.25) is 10.0 Å². The number of sulfonamides is 1. The minimum atomic E-state index is -3.82. The number of hydrogen-bond acceptors (Lipinski definition) is 5. The molecule has 0 spiro atoms. The quantitative estimate of drug-likeness (QED) is 0.415. The van der Waals surface area contributed by atoms with Crippen LogP contribution in [0.3, 0.4) is 0 Å². The first-order chi connectivity index (χ1) is 14.2. The zero-order chi connectivity index (χ0) is 22.1. The van der Waals surface area contributed by atoms with Crippen molar-refractivity contribution in [3.05, 3.63) is 63.3 Å². The van der Waals surface area contributed by atoms with Crippen LogP contribution in [-0.4, -0.2) is 41.6 Å². The largest absolute Gasteiger partial charge is 0.360 e. The molecule has 158 valence electrons. The molecule has 3 aromatic rings. The number of fused-ring (bicyclic) bond motifs is 1. The molecule has 0 saturated carbocycles. The van der Waals surface area contributed by atoms with Gasteiger partial charge < -0.3 is 10.3 Å². The fourth-order valence-electron chi connectivity index (χ4n) is 3.09. The first-order valence-electron chi connectivity index (χ1n) is 9.05. The van der Waals surface area contributed by atoms with E-state index in [9.17, 15) is 23.3 Å². The van der Waals surface area contributed by atoms with Crippen molar-refractivity contribution in [3.63, 3.8) is 0 Å². The Kier molecular flexibility index (Phi) is 6.11. The number of amides is 1. The average Bonchev–Trinajstić information content (AvgIpc) is 3.13. The van der Waals surface area contributed by atoms with Gasteiger partial charge in [0, 0.05) is 48.0 Å². The van der Waals surface area contributed by atoms with Gasteiger partial charge in [0.1, 0.15) is 4.90 Å². The molecule has 1 aromatic heterocycles. The van der Waals surface area contributed by atoms with E-state index in [1.807, 2.05) is 0 Å². The number of carbonyl (C=O) groups excluding carboxylic acids is 1. The molecular weight excluding hydrogens is 432 g/mol. The third kappa shape index (κ3) is 4.02. The number of rotatable bonds is 7. The van der Waals surface area contributed by atoms with Crippen LogP contribution in [0.4, 0.5) is 11.4 Å². The van der Waals surface area contributed by atoms with E-state index < -0.39 is 20.9 Å². The van der Waals surface area contributed by atoms with Crippen LogP contribution in [0.2, 0.25) is 5.02 Å². The molecule has 0 saturated heterocycles. The standard InChI is InChI=1S/C19H19ClN4O5S/c1-3-23(4-2)30(28,29)18-9-12(5-7-16(18)20)22-19(25)15-11-21-17-8-6-13(24(26)27)10-14(15)17/h5-11,21H,3-4H2,1-2H3,(H,22,25). The Labute approximate surface area is 177 Å². The molecule has 1 amide bonds. The molecule has 0 aliphatic heterocycles. The number of aromatic amines is 1. The van der Waals surface area contributed by atoms with Crippen LogP contribution in [0, 0.1) is 10.1 Å². The van der Waals surface area contributed by atoms with Crippen LogP contribution < -0.4 is 5.32 Å². The minimum Gasteiger partial charge on any atom is -0.360 e. The van der Waals surface area contributed by atoms with Crippen molar-refractivity contribution in [1.29, 1.82) is 0 Å². The smallest absolute Gasteiger partial charge is 0.270 e. The summed E-state index contributed by atoms with van der Waals surface area (Å²) in [7, 11) is -3.82. The Bertz CT molecular complexity index is 1230. The predicted octanol–water partition coefficient (Wildman–Crippen LogP) is 4.01. The van der Waals surface area contributed by atoms with Crippen LogP contribution in [0.1, 0.15) is 24.2 Å². The van der Waals surface area contributed by atoms with E-state index in [1.54, 1.807) is 13.8 Å². The molecule has 0 fully saturated rings. The van der Waals surface area contributed by atoms with Crippen molar-refractivity contribution in [2.75, 3.05) is 18.4 Å². The molecule has 2 aromatic carbocycles. The lowest BCUT2D eigenvalue weighted by Gasteiger charge is -2.19. The summed E-state index contributed by atoms with van der Waals surface area (Å²) in [5.41, 5.74) is 0.841. The monoisotopic (exact) mass is 450 g/mol. The van der Waals surface area contributed by atoms with Crippen LogP contribution >= 0.6 is 11.6 Å². The van der Waals surface area contributed by atoms with Crippen molar-refractivity contribution in [3.8, 4) is 0 Å². The summed E-state index contributed by atoms with van der Waals surface area (Å²) in [6, 6.07) is 8.34. The van der Waals surface area contributed by atoms with Crippen LogP contribution in [-0.2, 0) is 10.0 Å². The molecule has 0 bridgehead atoms. The Balaban J connectivity index is 1.96. The molecule has 9 nitrogen and oxygen atoms in total. The first kappa shape index (κ1) is 21.8. The maximum Gasteiger partial charge on any atom is 0.270 e. The number of nitrogens with one attached hydrogen (secondary N) is 2. The maximum absolute atomic E-state index is 12.8. The minimum absolute atomic E-state index is 0.0441. The lowest BCUT2D eigenvalue weighted by Crippen LogP contribution is -2.30. The lowest BCUT2D eigenvalue weighted by molar-refractivity contribution is -0.384. The summed E-state index contributed by atoms with van der Waals surface area (Å²) in [4.78, 5) is 26.0. The lowest BCUT2D eigenvalue weighted by atomic mass is 10.1. The number of nitro benzene ring substituents is 1. The van der Waals surface area contributed by atoms with E-state index in [1.165, 1.54) is 46.9 Å². The van der Waals surface area contributed by atoms with Gasteiger partial charge >= 0.3 is 0 Å². The molecule has 0 aliphatic carbocycles. The van der Waals surface area contributed by atoms with E-state index >= 15 is 0 Å². The number of benzene rings is 2. The highest BCUT2D eigenvalue weighted by molar-refractivity contribution is 7.89. The third-order valence-electron chi connectivity index (χ3n) is 4.63. The summed E-state index contributed by atoms with van der Waals surface area (Å²) in [6.07, 6.45) is 1.44. The fourth-order valence-corrected chi connectivity index (χ4v) is 5.05. The molecule has 0 aliphatic rings. The number of non-ortho nitro benzene ring substituents is 1. The number of carbonyl (C=O) groups is 1. The van der Waals surface area contributed by atoms with Gasteiger partial charge in [-0.2, -0.15) is 4.31 Å². The molecule has 30 heavy (non-hydrogen) atoms. The van der Waals surface area contributed by atoms with Gasteiger partial charge in [0.15, 0.2) is 0 Å². The zero-order valence-corrected chi connectivity index (χ0v) is 17.7. The number of nitro groups is 1. The highest BCUT2D eigenvalue weighted by Gasteiger charge is 2.25. The zero-order valence-electron chi connectivity index (χ0n) is 16.2. The van der Waals surface area contributed by atoms with E-state index in [-0.39, 0.29) is 39.9 Å². The van der Waals surface area contributed by atoms with Crippen LogP contribution in [0.15, 0.2) is 47.5 Å². The van der Waals surface area contributed by atoms with Gasteiger partial charge in [0.05, 0.1) is 15.5 Å². The van der Waals surface area contributed by atoms with Gasteiger partial charge in [-0.25, -0.2) is 8.42 Å². The van der Waals surface area contributed by atoms with Gasteiger partial charge in [-0.3, -0.25) is 14.9 Å². The molecule has 1 heterocycles. The Morgan fingerprint density at radius 1 is 1.20 bits per heavy atom. The molecule has 2 N–H and O–H groups in total. The predicted molar refractivity (Wildman–Crippen MR) is 114 cm³/mol. The number of H-pyrrole nitrogens is 1. The average molecular weight is 451 g/mol. The SMILES string of the molecule is CCN(CC)S(=O)(=O)c1cc(NC(=O)c2c[nH]c3ccc([N+](=O)[O-])cc23)ccc1Cl. The second-order valence-corrected chi connectivity index (χ2v) is 8.69. The van der Waals surface area contributed by atoms with E-state index in [0.29, 0.717) is 10.9 Å². The number of hydrogen-bond donors (Lipinski definition) is 2. The molecule has 3 rings (SSSR count). The molecule has 0 radical (unpaired) electrons. The summed E-state index contributed by atoms with van der Waals surface area (Å²) in [6.45, 7) is 3.99. The maximum atomic E-state index is 12.8. The molecule has 0 unspecified atom stereocenters. The van der Waals surface area contributed by atoms with Crippen molar-refractivity contribution in [2.24, 2.45) is 0 Å². The fraction of sp³-hybridized carbons (Fsp3) is 0.211. The number of anilines is 1. The second-order valence-electron chi connectivity index (χ2n) is 6.38. The summed E-state index contributed by atoms with van der Waals surface area (Å²) in [5.74, 6) is -0.546. The number of nitrogens with zero attached hydrogens (tertiary/aromatic N) is 2. The van der Waals surface area contributed by atoms with E-state index in [0.717, 1.165) is 0 Å². The normalized spacial score (nSPS) is 11.7. The van der Waals surface area contributed by atoms with Crippen LogP contribution in [0.5, 0.6) is 0 Å². The van der Waals surface area contributed by atoms with Gasteiger partial charge in [0.25, 0.3) is 11.6 Å². The Hall–Kier alpha value is -2.95. The molecular formula is C19H19ClN4O5S. The van der Waals surface area contributed by atoms with Crippen molar-refractivity contribution in [2.45, 2.75) is 18.7 Å². The molecule has 11 heteroatoms. The highest BCUT2D eigenvalue weighted by atomic mass is 35.5. The third-order valence-corrected chi connectivity index (χ3v) is 7.16.